The van der Waals surface area contributed by atoms with E-state index in [1.54, 1.807) is 60.3 Å². The van der Waals surface area contributed by atoms with Crippen molar-refractivity contribution in [3.05, 3.63) is 0 Å². The Balaban J connectivity index is 1.08. The molecular weight excluding hydrogens is 568 g/mol. The monoisotopic (exact) mass is 602 g/mol. The fraction of sp³-hybridized carbons (Fsp3) is 1.00. The normalized spacial score (nSPS) is 43.3. The van der Waals surface area contributed by atoms with Crippen molar-refractivity contribution in [1.29, 1.82) is 0 Å². The van der Waals surface area contributed by atoms with E-state index in [-0.39, 0.29) is 0 Å². The molecule has 132 valence electrons. The fourth-order valence-corrected chi connectivity index (χ4v) is 16.6. The Bertz CT molecular complexity index is 323. The van der Waals surface area contributed by atoms with Crippen LogP contribution in [-0.4, -0.2) is 74.4 Å². The van der Waals surface area contributed by atoms with E-state index in [1.165, 1.54) is 19.4 Å². The van der Waals surface area contributed by atoms with Crippen LogP contribution in [0.15, 0.2) is 0 Å². The van der Waals surface area contributed by atoms with Crippen molar-refractivity contribution in [3.8, 4) is 0 Å². The van der Waals surface area contributed by atoms with E-state index in [9.17, 15) is 0 Å². The molecule has 4 aliphatic rings. The first-order valence-corrected chi connectivity index (χ1v) is 18.5. The van der Waals surface area contributed by atoms with E-state index >= 15 is 0 Å². The Morgan fingerprint density at radius 3 is 1.39 bits per heavy atom. The van der Waals surface area contributed by atoms with Gasteiger partial charge in [0.25, 0.3) is 0 Å². The van der Waals surface area contributed by atoms with Crippen LogP contribution >= 0.6 is 35.3 Å². The van der Waals surface area contributed by atoms with E-state index in [0.717, 1.165) is 21.0 Å². The number of rotatable bonds is 8. The average molecular weight is 598 g/mol. The molecule has 0 aromatic heterocycles. The summed E-state index contributed by atoms with van der Waals surface area (Å²) in [7, 11) is 0. The average Bonchev–Trinajstić information content (AvgIpc) is 3.48. The van der Waals surface area contributed by atoms with Gasteiger partial charge >= 0.3 is 178 Å². The molecule has 23 heavy (non-hydrogen) atoms. The van der Waals surface area contributed by atoms with Crippen molar-refractivity contribution in [3.63, 3.8) is 0 Å². The second kappa shape index (κ2) is 9.71. The molecule has 2 saturated carbocycles. The van der Waals surface area contributed by atoms with Crippen molar-refractivity contribution >= 4 is 77.1 Å². The topological polar surface area (TPSA) is 0 Å². The summed E-state index contributed by atoms with van der Waals surface area (Å²) in [5.74, 6) is 3.00. The van der Waals surface area contributed by atoms with Gasteiger partial charge in [0.1, 0.15) is 0 Å². The van der Waals surface area contributed by atoms with Crippen LogP contribution in [0.2, 0.25) is 16.9 Å². The molecule has 0 amide bonds. The van der Waals surface area contributed by atoms with Crippen LogP contribution in [0.4, 0.5) is 0 Å². The van der Waals surface area contributed by atoms with E-state index in [1.807, 2.05) is 0 Å². The van der Waals surface area contributed by atoms with Gasteiger partial charge in [-0.2, -0.15) is 0 Å². The Morgan fingerprint density at radius 1 is 0.652 bits per heavy atom. The summed E-state index contributed by atoms with van der Waals surface area (Å²) in [6.07, 6.45) is 12.7. The molecule has 0 aromatic carbocycles. The molecule has 2 aliphatic heterocycles. The summed E-state index contributed by atoms with van der Waals surface area (Å²) in [4.78, 5) is 0. The summed E-state index contributed by atoms with van der Waals surface area (Å²) >= 11 is 7.61. The Morgan fingerprint density at radius 2 is 1.04 bits per heavy atom. The van der Waals surface area contributed by atoms with E-state index in [2.05, 4.69) is 35.3 Å². The van der Waals surface area contributed by atoms with Crippen LogP contribution in [-0.2, 0) is 0 Å². The van der Waals surface area contributed by atoms with Crippen molar-refractivity contribution in [2.45, 2.75) is 89.2 Å². The van der Waals surface area contributed by atoms with Crippen molar-refractivity contribution in [2.24, 2.45) is 0 Å². The molecular formula is C18H30S3Te2. The van der Waals surface area contributed by atoms with Gasteiger partial charge < -0.3 is 0 Å². The predicted octanol–water partition coefficient (Wildman–Crippen LogP) is 5.66. The molecule has 2 saturated heterocycles. The van der Waals surface area contributed by atoms with Crippen LogP contribution in [0, 0.1) is 0 Å². The second-order valence-corrected chi connectivity index (χ2v) is 19.4. The van der Waals surface area contributed by atoms with Crippen LogP contribution < -0.4 is 0 Å². The summed E-state index contributed by atoms with van der Waals surface area (Å²) in [5.41, 5.74) is 0. The number of hydrogen-bond donors (Lipinski definition) is 0. The first-order chi connectivity index (χ1) is 11.3. The van der Waals surface area contributed by atoms with Crippen molar-refractivity contribution < 1.29 is 0 Å². The molecule has 2 unspecified atom stereocenters. The van der Waals surface area contributed by atoms with Gasteiger partial charge in [0.15, 0.2) is 0 Å². The van der Waals surface area contributed by atoms with Crippen LogP contribution in [0.1, 0.15) is 51.4 Å². The Labute approximate surface area is 176 Å². The maximum absolute atomic E-state index is 2.44. The minimum absolute atomic E-state index is 0.366. The summed E-state index contributed by atoms with van der Waals surface area (Å²) < 4.78 is 5.76. The Kier molecular flexibility index (Phi) is 8.01. The zero-order chi connectivity index (χ0) is 15.5. The van der Waals surface area contributed by atoms with Crippen molar-refractivity contribution in [1.82, 2.24) is 0 Å². The molecule has 2 heterocycles. The molecule has 4 rings (SSSR count). The van der Waals surface area contributed by atoms with Gasteiger partial charge in [-0.3, -0.25) is 0 Å². The SMILES string of the molecule is C1SC1C[Te]C1CCC(SC2CCC([Te]CC3CS3)CC2)CC1. The van der Waals surface area contributed by atoms with Gasteiger partial charge in [-0.1, -0.05) is 0 Å². The molecule has 0 bridgehead atoms. The molecule has 2 atom stereocenters. The molecule has 2 aliphatic carbocycles. The molecule has 0 aromatic rings. The second-order valence-electron chi connectivity index (χ2n) is 7.51. The summed E-state index contributed by atoms with van der Waals surface area (Å²) in [6.45, 7) is 0. The van der Waals surface area contributed by atoms with E-state index in [0.29, 0.717) is 41.8 Å². The Hall–Kier alpha value is 2.63. The van der Waals surface area contributed by atoms with Crippen LogP contribution in [0.3, 0.4) is 0 Å². The van der Waals surface area contributed by atoms with Gasteiger partial charge in [0, 0.05) is 0 Å². The summed E-state index contributed by atoms with van der Waals surface area (Å²) in [6, 6.07) is 0. The van der Waals surface area contributed by atoms with Gasteiger partial charge in [0.2, 0.25) is 0 Å². The molecule has 4 fully saturated rings. The molecule has 0 spiro atoms. The van der Waals surface area contributed by atoms with Crippen molar-refractivity contribution in [2.75, 3.05) is 11.5 Å². The fourth-order valence-electron chi connectivity index (χ4n) is 3.76. The maximum atomic E-state index is 2.44. The molecule has 5 heteroatoms. The molecule has 0 N–H and O–H groups in total. The third-order valence-corrected chi connectivity index (χ3v) is 19.2. The third-order valence-electron chi connectivity index (χ3n) is 5.47. The number of thioether (sulfide) groups is 3. The van der Waals surface area contributed by atoms with Gasteiger partial charge in [-0.05, 0) is 0 Å². The van der Waals surface area contributed by atoms with Crippen LogP contribution in [0.5, 0.6) is 0 Å². The minimum atomic E-state index is 0.366. The molecule has 0 nitrogen and oxygen atoms in total. The zero-order valence-electron chi connectivity index (χ0n) is 14.0. The predicted molar refractivity (Wildman–Crippen MR) is 113 cm³/mol. The zero-order valence-corrected chi connectivity index (χ0v) is 21.1. The van der Waals surface area contributed by atoms with Gasteiger partial charge in [0.05, 0.1) is 0 Å². The third kappa shape index (κ3) is 6.94. The molecule has 0 radical (unpaired) electrons. The van der Waals surface area contributed by atoms with E-state index in [4.69, 9.17) is 0 Å². The van der Waals surface area contributed by atoms with Gasteiger partial charge in [-0.15, -0.1) is 0 Å². The van der Waals surface area contributed by atoms with Gasteiger partial charge in [-0.25, -0.2) is 0 Å². The summed E-state index contributed by atoms with van der Waals surface area (Å²) in [5, 5.41) is 4.35. The van der Waals surface area contributed by atoms with E-state index < -0.39 is 0 Å². The quantitative estimate of drug-likeness (QED) is 0.262. The first kappa shape index (κ1) is 19.0. The first-order valence-electron chi connectivity index (χ1n) is 9.47. The number of hydrogen-bond acceptors (Lipinski definition) is 3. The standard InChI is InChI=1S/C18H30S3Te2/c1-5-17(22-11-15-9-19-15)6-2-13(1)21-14-3-7-18(8-4-14)23-12-16-10-20-16/h13-18H,1-12H2. The van der Waals surface area contributed by atoms with Crippen LogP contribution in [0.25, 0.3) is 0 Å².